The summed E-state index contributed by atoms with van der Waals surface area (Å²) in [5.74, 6) is -0.172. The van der Waals surface area contributed by atoms with E-state index in [9.17, 15) is 4.79 Å². The van der Waals surface area contributed by atoms with E-state index in [1.165, 1.54) is 20.0 Å². The maximum absolute atomic E-state index is 12.1. The molecule has 3 atom stereocenters. The Labute approximate surface area is 125 Å². The van der Waals surface area contributed by atoms with Crippen LogP contribution in [-0.2, 0) is 9.53 Å². The van der Waals surface area contributed by atoms with Gasteiger partial charge in [-0.15, -0.1) is 0 Å². The lowest BCUT2D eigenvalue weighted by Gasteiger charge is -2.37. The third kappa shape index (κ3) is 5.80. The molecule has 0 bridgehead atoms. The van der Waals surface area contributed by atoms with Gasteiger partial charge >= 0.3 is 5.97 Å². The molecule has 0 radical (unpaired) electrons. The van der Waals surface area contributed by atoms with E-state index in [1.807, 2.05) is 6.92 Å². The van der Waals surface area contributed by atoms with Crippen LogP contribution >= 0.6 is 0 Å². The van der Waals surface area contributed by atoms with Crippen LogP contribution in [0, 0.1) is 0 Å². The number of nitrogens with one attached hydrogen (secondary N) is 1. The largest absolute Gasteiger partial charge is 0.468 e. The minimum Gasteiger partial charge on any atom is -0.468 e. The number of hydrogen-bond acceptors (Lipinski definition) is 4. The molecular weight excluding hydrogens is 252 g/mol. The Kier molecular flexibility index (Phi) is 9.06. The van der Waals surface area contributed by atoms with Gasteiger partial charge < -0.3 is 15.0 Å². The van der Waals surface area contributed by atoms with Crippen molar-refractivity contribution in [3.8, 4) is 0 Å². The molecule has 0 aromatic carbocycles. The predicted octanol–water partition coefficient (Wildman–Crippen LogP) is 2.82. The van der Waals surface area contributed by atoms with Gasteiger partial charge in [0.2, 0.25) is 0 Å². The first kappa shape index (κ1) is 19.4. The molecule has 0 heterocycles. The van der Waals surface area contributed by atoms with E-state index in [0.29, 0.717) is 12.1 Å². The van der Waals surface area contributed by atoms with Crippen LogP contribution in [0.5, 0.6) is 0 Å². The summed E-state index contributed by atoms with van der Waals surface area (Å²) in [6.45, 7) is 11.5. The van der Waals surface area contributed by atoms with Crippen LogP contribution in [0.25, 0.3) is 0 Å². The van der Waals surface area contributed by atoms with Crippen molar-refractivity contribution in [2.45, 2.75) is 77.9 Å². The van der Waals surface area contributed by atoms with Crippen molar-refractivity contribution in [2.75, 3.05) is 20.7 Å². The Hall–Kier alpha value is -0.610. The molecule has 0 aliphatic rings. The van der Waals surface area contributed by atoms with E-state index in [2.05, 4.69) is 45.0 Å². The second kappa shape index (κ2) is 9.35. The molecule has 0 rings (SSSR count). The van der Waals surface area contributed by atoms with Gasteiger partial charge in [-0.1, -0.05) is 20.3 Å². The number of nitrogens with zero attached hydrogens (tertiary/aromatic N) is 1. The van der Waals surface area contributed by atoms with Gasteiger partial charge in [-0.05, 0) is 53.6 Å². The molecule has 120 valence electrons. The number of methoxy groups -OCH3 is 1. The molecule has 3 unspecified atom stereocenters. The van der Waals surface area contributed by atoms with Crippen molar-refractivity contribution in [1.82, 2.24) is 10.2 Å². The van der Waals surface area contributed by atoms with E-state index in [4.69, 9.17) is 4.74 Å². The van der Waals surface area contributed by atoms with Crippen molar-refractivity contribution in [2.24, 2.45) is 0 Å². The Morgan fingerprint density at radius 2 is 1.85 bits per heavy atom. The van der Waals surface area contributed by atoms with Gasteiger partial charge in [0, 0.05) is 12.1 Å². The van der Waals surface area contributed by atoms with Crippen LogP contribution in [0.2, 0.25) is 0 Å². The zero-order valence-electron chi connectivity index (χ0n) is 14.5. The zero-order chi connectivity index (χ0) is 15.8. The summed E-state index contributed by atoms with van der Waals surface area (Å²) < 4.78 is 4.98. The van der Waals surface area contributed by atoms with Gasteiger partial charge in [0.1, 0.15) is 5.54 Å². The van der Waals surface area contributed by atoms with E-state index in [1.54, 1.807) is 0 Å². The normalized spacial score (nSPS) is 17.6. The Balaban J connectivity index is 4.75. The first-order chi connectivity index (χ1) is 9.32. The molecule has 4 heteroatoms. The highest BCUT2D eigenvalue weighted by Gasteiger charge is 2.36. The van der Waals surface area contributed by atoms with Crippen molar-refractivity contribution in [3.63, 3.8) is 0 Å². The fourth-order valence-electron chi connectivity index (χ4n) is 2.64. The first-order valence-electron chi connectivity index (χ1n) is 7.87. The van der Waals surface area contributed by atoms with Crippen LogP contribution in [0.15, 0.2) is 0 Å². The number of hydrogen-bond donors (Lipinski definition) is 1. The number of carbonyl (C=O) groups excluding carboxylic acids is 1. The fraction of sp³-hybridized carbons (Fsp3) is 0.938. The number of rotatable bonds is 10. The molecule has 0 fully saturated rings. The van der Waals surface area contributed by atoms with Crippen molar-refractivity contribution in [1.29, 1.82) is 0 Å². The SMILES string of the molecule is CCCNC(C)(CC(C)N(C)C(C)CCC)C(=O)OC. The van der Waals surface area contributed by atoms with E-state index in [-0.39, 0.29) is 5.97 Å². The minimum absolute atomic E-state index is 0.172. The molecular formula is C16H34N2O2. The minimum atomic E-state index is -0.607. The topological polar surface area (TPSA) is 41.6 Å². The molecule has 20 heavy (non-hydrogen) atoms. The number of ether oxygens (including phenoxy) is 1. The van der Waals surface area contributed by atoms with Crippen molar-refractivity contribution >= 4 is 5.97 Å². The molecule has 0 aromatic heterocycles. The maximum atomic E-state index is 12.1. The van der Waals surface area contributed by atoms with Gasteiger partial charge in [0.15, 0.2) is 0 Å². The fourth-order valence-corrected chi connectivity index (χ4v) is 2.64. The molecule has 4 nitrogen and oxygen atoms in total. The molecule has 1 N–H and O–H groups in total. The summed E-state index contributed by atoms with van der Waals surface area (Å²) >= 11 is 0. The highest BCUT2D eigenvalue weighted by molar-refractivity contribution is 5.80. The van der Waals surface area contributed by atoms with E-state index < -0.39 is 5.54 Å². The first-order valence-corrected chi connectivity index (χ1v) is 7.87. The highest BCUT2D eigenvalue weighted by atomic mass is 16.5. The quantitative estimate of drug-likeness (QED) is 0.627. The Bertz CT molecular complexity index is 284. The van der Waals surface area contributed by atoms with E-state index >= 15 is 0 Å². The Morgan fingerprint density at radius 1 is 1.25 bits per heavy atom. The summed E-state index contributed by atoms with van der Waals surface area (Å²) in [5, 5.41) is 3.35. The van der Waals surface area contributed by atoms with Crippen LogP contribution in [0.1, 0.15) is 60.3 Å². The summed E-state index contributed by atoms with van der Waals surface area (Å²) in [7, 11) is 3.60. The van der Waals surface area contributed by atoms with Crippen molar-refractivity contribution < 1.29 is 9.53 Å². The summed E-state index contributed by atoms with van der Waals surface area (Å²) in [6.07, 6.45) is 4.12. The van der Waals surface area contributed by atoms with Gasteiger partial charge in [-0.3, -0.25) is 4.79 Å². The van der Waals surface area contributed by atoms with Crippen LogP contribution in [-0.4, -0.2) is 49.2 Å². The lowest BCUT2D eigenvalue weighted by atomic mass is 9.92. The lowest BCUT2D eigenvalue weighted by molar-refractivity contribution is -0.148. The molecule has 0 aliphatic heterocycles. The van der Waals surface area contributed by atoms with Gasteiger partial charge in [-0.25, -0.2) is 0 Å². The molecule has 0 saturated carbocycles. The average Bonchev–Trinajstić information content (AvgIpc) is 2.43. The molecule has 0 aliphatic carbocycles. The Morgan fingerprint density at radius 3 is 2.30 bits per heavy atom. The second-order valence-electron chi connectivity index (χ2n) is 6.11. The highest BCUT2D eigenvalue weighted by Crippen LogP contribution is 2.20. The standard InChI is InChI=1S/C16H34N2O2/c1-8-10-13(3)18(6)14(4)12-16(5,15(19)20-7)17-11-9-2/h13-14,17H,8-12H2,1-7H3. The third-order valence-corrected chi connectivity index (χ3v) is 4.20. The molecule has 0 saturated heterocycles. The zero-order valence-corrected chi connectivity index (χ0v) is 14.5. The maximum Gasteiger partial charge on any atom is 0.325 e. The molecule has 0 aromatic rings. The van der Waals surface area contributed by atoms with Crippen LogP contribution in [0.3, 0.4) is 0 Å². The molecule has 0 amide bonds. The summed E-state index contributed by atoms with van der Waals surface area (Å²) in [4.78, 5) is 14.4. The predicted molar refractivity (Wildman–Crippen MR) is 84.9 cm³/mol. The summed E-state index contributed by atoms with van der Waals surface area (Å²) in [6, 6.07) is 0.855. The van der Waals surface area contributed by atoms with Crippen LogP contribution < -0.4 is 5.32 Å². The van der Waals surface area contributed by atoms with Crippen LogP contribution in [0.4, 0.5) is 0 Å². The van der Waals surface area contributed by atoms with Gasteiger partial charge in [0.25, 0.3) is 0 Å². The van der Waals surface area contributed by atoms with E-state index in [0.717, 1.165) is 19.4 Å². The third-order valence-electron chi connectivity index (χ3n) is 4.20. The second-order valence-corrected chi connectivity index (χ2v) is 6.11. The molecule has 0 spiro atoms. The number of carbonyl (C=O) groups is 1. The average molecular weight is 286 g/mol. The number of esters is 1. The lowest BCUT2D eigenvalue weighted by Crippen LogP contribution is -2.54. The monoisotopic (exact) mass is 286 g/mol. The van der Waals surface area contributed by atoms with Gasteiger partial charge in [-0.2, -0.15) is 0 Å². The van der Waals surface area contributed by atoms with Gasteiger partial charge in [0.05, 0.1) is 7.11 Å². The summed E-state index contributed by atoms with van der Waals surface area (Å²) in [5.41, 5.74) is -0.607. The van der Waals surface area contributed by atoms with Crippen molar-refractivity contribution in [3.05, 3.63) is 0 Å². The smallest absolute Gasteiger partial charge is 0.325 e.